The summed E-state index contributed by atoms with van der Waals surface area (Å²) < 4.78 is 27.0. The maximum Gasteiger partial charge on any atom is 0.243 e. The van der Waals surface area contributed by atoms with Gasteiger partial charge in [-0.1, -0.05) is 30.9 Å². The van der Waals surface area contributed by atoms with Crippen molar-refractivity contribution in [3.05, 3.63) is 29.3 Å². The number of halogens is 1. The summed E-state index contributed by atoms with van der Waals surface area (Å²) in [6, 6.07) is 6.28. The highest BCUT2D eigenvalue weighted by Gasteiger charge is 2.32. The zero-order valence-corrected chi connectivity index (χ0v) is 17.3. The minimum absolute atomic E-state index is 0.0518. The van der Waals surface area contributed by atoms with Gasteiger partial charge in [0.25, 0.3) is 0 Å². The van der Waals surface area contributed by atoms with Gasteiger partial charge < -0.3 is 5.32 Å². The van der Waals surface area contributed by atoms with E-state index >= 15 is 0 Å². The average Bonchev–Trinajstić information content (AvgIpc) is 2.68. The number of hydrogen-bond donors (Lipinski definition) is 1. The predicted octanol–water partition coefficient (Wildman–Crippen LogP) is 2.48. The molecule has 1 amide bonds. The van der Waals surface area contributed by atoms with Crippen LogP contribution < -0.4 is 5.32 Å². The summed E-state index contributed by atoms with van der Waals surface area (Å²) in [6.45, 7) is 3.76. The standard InChI is InChI=1S/C19H28ClN3O3S/c1-15(19(24)21-17-5-3-2-4-6-17)22-11-13-23(14-12-22)27(25,26)18-9-7-16(20)8-10-18/h7-10,15,17H,2-6,11-14H2,1H3,(H,21,24). The lowest BCUT2D eigenvalue weighted by Gasteiger charge is -2.37. The lowest BCUT2D eigenvalue weighted by atomic mass is 9.95. The summed E-state index contributed by atoms with van der Waals surface area (Å²) in [5.74, 6) is 0.0518. The molecule has 1 aromatic carbocycles. The van der Waals surface area contributed by atoms with E-state index in [1.807, 2.05) is 6.92 Å². The van der Waals surface area contributed by atoms with E-state index in [0.717, 1.165) is 12.8 Å². The van der Waals surface area contributed by atoms with Gasteiger partial charge in [-0.05, 0) is 44.0 Å². The van der Waals surface area contributed by atoms with E-state index in [1.54, 1.807) is 12.1 Å². The largest absolute Gasteiger partial charge is 0.352 e. The summed E-state index contributed by atoms with van der Waals surface area (Å²) in [5.41, 5.74) is 0. The number of nitrogens with one attached hydrogen (secondary N) is 1. The van der Waals surface area contributed by atoms with E-state index in [-0.39, 0.29) is 16.8 Å². The van der Waals surface area contributed by atoms with E-state index in [4.69, 9.17) is 11.6 Å². The molecule has 2 fully saturated rings. The lowest BCUT2D eigenvalue weighted by molar-refractivity contribution is -0.127. The second kappa shape index (κ2) is 8.90. The summed E-state index contributed by atoms with van der Waals surface area (Å²) in [7, 11) is -3.52. The fraction of sp³-hybridized carbons (Fsp3) is 0.632. The fourth-order valence-electron chi connectivity index (χ4n) is 3.82. The van der Waals surface area contributed by atoms with Crippen molar-refractivity contribution in [3.63, 3.8) is 0 Å². The molecule has 1 aliphatic carbocycles. The van der Waals surface area contributed by atoms with Crippen LogP contribution in [-0.2, 0) is 14.8 Å². The topological polar surface area (TPSA) is 69.7 Å². The number of hydrogen-bond acceptors (Lipinski definition) is 4. The molecule has 8 heteroatoms. The number of sulfonamides is 1. The van der Waals surface area contributed by atoms with Crippen molar-refractivity contribution < 1.29 is 13.2 Å². The number of carbonyl (C=O) groups is 1. The van der Waals surface area contributed by atoms with Crippen molar-refractivity contribution in [2.75, 3.05) is 26.2 Å². The van der Waals surface area contributed by atoms with Gasteiger partial charge >= 0.3 is 0 Å². The molecule has 6 nitrogen and oxygen atoms in total. The number of nitrogens with zero attached hydrogens (tertiary/aromatic N) is 2. The molecular weight excluding hydrogens is 386 g/mol. The Labute approximate surface area is 166 Å². The Morgan fingerprint density at radius 1 is 1.07 bits per heavy atom. The Bertz CT molecular complexity index is 740. The zero-order valence-electron chi connectivity index (χ0n) is 15.7. The van der Waals surface area contributed by atoms with E-state index in [1.165, 1.54) is 35.7 Å². The van der Waals surface area contributed by atoms with Crippen LogP contribution in [0.4, 0.5) is 0 Å². The van der Waals surface area contributed by atoms with E-state index in [2.05, 4.69) is 10.2 Å². The molecule has 1 aromatic rings. The maximum absolute atomic E-state index is 12.8. The first-order chi connectivity index (χ1) is 12.9. The SMILES string of the molecule is CC(C(=O)NC1CCCCC1)N1CCN(S(=O)(=O)c2ccc(Cl)cc2)CC1. The number of piperazine rings is 1. The van der Waals surface area contributed by atoms with Gasteiger partial charge in [0, 0.05) is 37.2 Å². The van der Waals surface area contributed by atoms with Crippen molar-refractivity contribution in [2.45, 2.75) is 56.0 Å². The van der Waals surface area contributed by atoms with Crippen LogP contribution in [0, 0.1) is 0 Å². The smallest absolute Gasteiger partial charge is 0.243 e. The maximum atomic E-state index is 12.8. The molecule has 0 radical (unpaired) electrons. The summed E-state index contributed by atoms with van der Waals surface area (Å²) >= 11 is 5.85. The molecule has 150 valence electrons. The van der Waals surface area contributed by atoms with Crippen LogP contribution in [0.5, 0.6) is 0 Å². The highest BCUT2D eigenvalue weighted by molar-refractivity contribution is 7.89. The van der Waals surface area contributed by atoms with Gasteiger partial charge in [-0.2, -0.15) is 4.31 Å². The Morgan fingerprint density at radius 3 is 2.26 bits per heavy atom. The van der Waals surface area contributed by atoms with Crippen LogP contribution >= 0.6 is 11.6 Å². The quantitative estimate of drug-likeness (QED) is 0.805. The Kier molecular flexibility index (Phi) is 6.78. The highest BCUT2D eigenvalue weighted by atomic mass is 35.5. The minimum Gasteiger partial charge on any atom is -0.352 e. The molecule has 1 saturated heterocycles. The second-order valence-electron chi connectivity index (χ2n) is 7.41. The summed E-state index contributed by atoms with van der Waals surface area (Å²) in [4.78, 5) is 14.9. The number of carbonyl (C=O) groups excluding carboxylic acids is 1. The second-order valence-corrected chi connectivity index (χ2v) is 9.79. The summed E-state index contributed by atoms with van der Waals surface area (Å²) in [6.07, 6.45) is 5.74. The molecule has 0 spiro atoms. The van der Waals surface area contributed by atoms with Gasteiger partial charge in [-0.25, -0.2) is 8.42 Å². The lowest BCUT2D eigenvalue weighted by Crippen LogP contribution is -2.55. The van der Waals surface area contributed by atoms with Crippen molar-refractivity contribution in [2.24, 2.45) is 0 Å². The minimum atomic E-state index is -3.52. The van der Waals surface area contributed by atoms with Crippen molar-refractivity contribution in [1.29, 1.82) is 0 Å². The van der Waals surface area contributed by atoms with Gasteiger partial charge in [0.2, 0.25) is 15.9 Å². The monoisotopic (exact) mass is 413 g/mol. The van der Waals surface area contributed by atoms with E-state index in [0.29, 0.717) is 37.2 Å². The average molecular weight is 414 g/mol. The van der Waals surface area contributed by atoms with Gasteiger partial charge in [-0.3, -0.25) is 9.69 Å². The van der Waals surface area contributed by atoms with Crippen molar-refractivity contribution >= 4 is 27.5 Å². The van der Waals surface area contributed by atoms with E-state index < -0.39 is 10.0 Å². The Balaban J connectivity index is 1.54. The first-order valence-corrected chi connectivity index (χ1v) is 11.5. The highest BCUT2D eigenvalue weighted by Crippen LogP contribution is 2.21. The van der Waals surface area contributed by atoms with Gasteiger partial charge in [0.15, 0.2) is 0 Å². The van der Waals surface area contributed by atoms with Gasteiger partial charge in [0.1, 0.15) is 0 Å². The molecule has 1 atom stereocenters. The number of benzene rings is 1. The van der Waals surface area contributed by atoms with Crippen LogP contribution in [0.25, 0.3) is 0 Å². The molecule has 1 N–H and O–H groups in total. The Morgan fingerprint density at radius 2 is 1.67 bits per heavy atom. The van der Waals surface area contributed by atoms with Crippen LogP contribution in [0.1, 0.15) is 39.0 Å². The third-order valence-corrected chi connectivity index (χ3v) is 7.77. The number of amides is 1. The molecule has 27 heavy (non-hydrogen) atoms. The third-order valence-electron chi connectivity index (χ3n) is 5.60. The summed E-state index contributed by atoms with van der Waals surface area (Å²) in [5, 5.41) is 3.67. The van der Waals surface area contributed by atoms with Gasteiger partial charge in [0.05, 0.1) is 10.9 Å². The normalized spacial score (nSPS) is 21.7. The van der Waals surface area contributed by atoms with E-state index in [9.17, 15) is 13.2 Å². The molecule has 1 heterocycles. The van der Waals surface area contributed by atoms with Crippen molar-refractivity contribution in [1.82, 2.24) is 14.5 Å². The molecular formula is C19H28ClN3O3S. The first-order valence-electron chi connectivity index (χ1n) is 9.68. The zero-order chi connectivity index (χ0) is 19.4. The Hall–Kier alpha value is -1.15. The van der Waals surface area contributed by atoms with Gasteiger partial charge in [-0.15, -0.1) is 0 Å². The molecule has 1 aliphatic heterocycles. The fourth-order valence-corrected chi connectivity index (χ4v) is 5.37. The first kappa shape index (κ1) is 20.6. The molecule has 0 aromatic heterocycles. The van der Waals surface area contributed by atoms with Crippen LogP contribution in [0.3, 0.4) is 0 Å². The number of rotatable bonds is 5. The predicted molar refractivity (Wildman–Crippen MR) is 106 cm³/mol. The molecule has 0 bridgehead atoms. The van der Waals surface area contributed by atoms with Crippen LogP contribution in [-0.4, -0.2) is 61.8 Å². The molecule has 3 rings (SSSR count). The molecule has 1 unspecified atom stereocenters. The molecule has 2 aliphatic rings. The van der Waals surface area contributed by atoms with Crippen molar-refractivity contribution in [3.8, 4) is 0 Å². The molecule has 1 saturated carbocycles. The van der Waals surface area contributed by atoms with Crippen LogP contribution in [0.15, 0.2) is 29.2 Å². The van der Waals surface area contributed by atoms with Crippen LogP contribution in [0.2, 0.25) is 5.02 Å². The third kappa shape index (κ3) is 5.02.